The number of hydrogen-bond donors (Lipinski definition) is 2. The molecule has 0 radical (unpaired) electrons. The number of aliphatic carboxylic acids is 1. The molecule has 8 heteroatoms. The van der Waals surface area contributed by atoms with Crippen molar-refractivity contribution in [3.63, 3.8) is 0 Å². The van der Waals surface area contributed by atoms with Crippen LogP contribution in [-0.4, -0.2) is 66.2 Å². The van der Waals surface area contributed by atoms with Crippen molar-refractivity contribution in [2.45, 2.75) is 25.4 Å². The predicted octanol–water partition coefficient (Wildman–Crippen LogP) is 0.396. The number of ether oxygens (including phenoxy) is 1. The quantitative estimate of drug-likeness (QED) is 0.659. The van der Waals surface area contributed by atoms with Crippen molar-refractivity contribution in [2.75, 3.05) is 26.2 Å². The Balaban J connectivity index is 4.54. The number of carboxylic acid groups (broad SMARTS) is 1. The van der Waals surface area contributed by atoms with Gasteiger partial charge in [-0.2, -0.15) is 11.8 Å². The molecule has 0 aromatic rings. The zero-order chi connectivity index (χ0) is 15.0. The summed E-state index contributed by atoms with van der Waals surface area (Å²) in [4.78, 5) is 35.3. The van der Waals surface area contributed by atoms with E-state index in [0.29, 0.717) is 0 Å². The largest absolute Gasteiger partial charge is 0.480 e. The minimum Gasteiger partial charge on any atom is -0.480 e. The molecular formula is C11H20N2O5S. The first kappa shape index (κ1) is 17.6. The van der Waals surface area contributed by atoms with E-state index in [1.807, 2.05) is 13.2 Å². The number of carbonyl (C=O) groups is 3. The van der Waals surface area contributed by atoms with E-state index < -0.39 is 30.4 Å². The van der Waals surface area contributed by atoms with Crippen LogP contribution >= 0.6 is 11.8 Å². The lowest BCUT2D eigenvalue weighted by Crippen LogP contribution is -2.50. The van der Waals surface area contributed by atoms with Crippen LogP contribution in [-0.2, 0) is 14.3 Å². The van der Waals surface area contributed by atoms with Gasteiger partial charge in [0, 0.05) is 18.8 Å². The Morgan fingerprint density at radius 2 is 2.00 bits per heavy atom. The van der Waals surface area contributed by atoms with Gasteiger partial charge in [-0.25, -0.2) is 9.59 Å². The molecule has 0 saturated heterocycles. The Kier molecular flexibility index (Phi) is 7.97. The van der Waals surface area contributed by atoms with Gasteiger partial charge in [0.2, 0.25) is 0 Å². The summed E-state index contributed by atoms with van der Waals surface area (Å²) in [6.07, 6.45) is 1.52. The van der Waals surface area contributed by atoms with Crippen LogP contribution in [0.4, 0.5) is 4.79 Å². The average Bonchev–Trinajstić information content (AvgIpc) is 2.36. The van der Waals surface area contributed by atoms with Gasteiger partial charge in [-0.3, -0.25) is 4.79 Å². The van der Waals surface area contributed by atoms with Crippen molar-refractivity contribution in [1.29, 1.82) is 0 Å². The standard InChI is InChI=1S/C11H20N2O5S/c1-7(6-19-4)13(2)11(17)12-8(10(15)16)5-9(14)18-3/h7-8H,5-6H2,1-4H3,(H,12,17)(H,15,16)/t7?,8-/m0/s1. The highest BCUT2D eigenvalue weighted by Gasteiger charge is 2.26. The first-order chi connectivity index (χ1) is 8.83. The summed E-state index contributed by atoms with van der Waals surface area (Å²) in [6, 6.07) is -1.86. The van der Waals surface area contributed by atoms with Gasteiger partial charge in [-0.1, -0.05) is 0 Å². The van der Waals surface area contributed by atoms with E-state index in [9.17, 15) is 14.4 Å². The summed E-state index contributed by atoms with van der Waals surface area (Å²) in [5.41, 5.74) is 0. The van der Waals surface area contributed by atoms with E-state index in [1.165, 1.54) is 4.90 Å². The summed E-state index contributed by atoms with van der Waals surface area (Å²) >= 11 is 1.58. The second-order valence-corrected chi connectivity index (χ2v) is 4.95. The molecule has 1 unspecified atom stereocenters. The van der Waals surface area contributed by atoms with Gasteiger partial charge in [0.05, 0.1) is 13.5 Å². The lowest BCUT2D eigenvalue weighted by atomic mass is 10.2. The fourth-order valence-electron chi connectivity index (χ4n) is 1.25. The Morgan fingerprint density at radius 3 is 2.42 bits per heavy atom. The number of nitrogens with zero attached hydrogens (tertiary/aromatic N) is 1. The number of esters is 1. The normalized spacial score (nSPS) is 13.3. The Bertz CT molecular complexity index is 337. The van der Waals surface area contributed by atoms with Gasteiger partial charge in [0.1, 0.15) is 6.04 Å². The lowest BCUT2D eigenvalue weighted by Gasteiger charge is -2.26. The lowest BCUT2D eigenvalue weighted by molar-refractivity contribution is -0.147. The molecule has 0 aromatic carbocycles. The molecule has 2 N–H and O–H groups in total. The molecule has 2 amide bonds. The molecule has 7 nitrogen and oxygen atoms in total. The molecule has 0 aromatic heterocycles. The molecule has 0 spiro atoms. The van der Waals surface area contributed by atoms with Crippen molar-refractivity contribution in [3.05, 3.63) is 0 Å². The highest BCUT2D eigenvalue weighted by molar-refractivity contribution is 7.98. The van der Waals surface area contributed by atoms with Crippen LogP contribution in [0.5, 0.6) is 0 Å². The van der Waals surface area contributed by atoms with Crippen LogP contribution < -0.4 is 5.32 Å². The molecular weight excluding hydrogens is 272 g/mol. The number of urea groups is 1. The van der Waals surface area contributed by atoms with Crippen LogP contribution in [0.1, 0.15) is 13.3 Å². The van der Waals surface area contributed by atoms with Crippen molar-refractivity contribution >= 4 is 29.7 Å². The van der Waals surface area contributed by atoms with Crippen LogP contribution in [0.2, 0.25) is 0 Å². The number of hydrogen-bond acceptors (Lipinski definition) is 5. The van der Waals surface area contributed by atoms with Crippen LogP contribution in [0, 0.1) is 0 Å². The molecule has 0 fully saturated rings. The number of nitrogens with one attached hydrogen (secondary N) is 1. The number of carboxylic acids is 1. The van der Waals surface area contributed by atoms with Crippen LogP contribution in [0.25, 0.3) is 0 Å². The maximum absolute atomic E-state index is 11.8. The molecule has 110 valence electrons. The van der Waals surface area contributed by atoms with Crippen molar-refractivity contribution in [1.82, 2.24) is 10.2 Å². The average molecular weight is 292 g/mol. The maximum atomic E-state index is 11.8. The Morgan fingerprint density at radius 1 is 1.42 bits per heavy atom. The second-order valence-electron chi connectivity index (χ2n) is 4.04. The van der Waals surface area contributed by atoms with Gasteiger partial charge in [0.15, 0.2) is 0 Å². The second kappa shape index (κ2) is 8.63. The highest BCUT2D eigenvalue weighted by atomic mass is 32.2. The molecule has 0 aliphatic carbocycles. The van der Waals surface area contributed by atoms with Gasteiger partial charge in [-0.15, -0.1) is 0 Å². The molecule has 0 heterocycles. The van der Waals surface area contributed by atoms with Gasteiger partial charge in [-0.05, 0) is 13.2 Å². The van der Waals surface area contributed by atoms with E-state index >= 15 is 0 Å². The minimum atomic E-state index is -1.29. The Hall–Kier alpha value is -1.44. The van der Waals surface area contributed by atoms with E-state index in [4.69, 9.17) is 5.11 Å². The summed E-state index contributed by atoms with van der Waals surface area (Å²) < 4.78 is 4.39. The smallest absolute Gasteiger partial charge is 0.326 e. The third-order valence-electron chi connectivity index (χ3n) is 2.58. The SMILES string of the molecule is COC(=O)C[C@H](NC(=O)N(C)C(C)CSC)C(=O)O. The summed E-state index contributed by atoms with van der Waals surface area (Å²) in [6.45, 7) is 1.85. The van der Waals surface area contributed by atoms with Crippen molar-refractivity contribution in [3.8, 4) is 0 Å². The van der Waals surface area contributed by atoms with Crippen molar-refractivity contribution in [2.24, 2.45) is 0 Å². The maximum Gasteiger partial charge on any atom is 0.326 e. The fraction of sp³-hybridized carbons (Fsp3) is 0.727. The van der Waals surface area contributed by atoms with Crippen LogP contribution in [0.15, 0.2) is 0 Å². The summed E-state index contributed by atoms with van der Waals surface area (Å²) in [5, 5.41) is 11.2. The third kappa shape index (κ3) is 6.32. The zero-order valence-electron chi connectivity index (χ0n) is 11.5. The van der Waals surface area contributed by atoms with E-state index in [-0.39, 0.29) is 6.04 Å². The van der Waals surface area contributed by atoms with Gasteiger partial charge < -0.3 is 20.1 Å². The monoisotopic (exact) mass is 292 g/mol. The molecule has 0 aliphatic heterocycles. The number of rotatable bonds is 7. The van der Waals surface area contributed by atoms with E-state index in [2.05, 4.69) is 10.1 Å². The molecule has 0 saturated carbocycles. The van der Waals surface area contributed by atoms with Gasteiger partial charge in [0.25, 0.3) is 0 Å². The van der Waals surface area contributed by atoms with Crippen LogP contribution in [0.3, 0.4) is 0 Å². The molecule has 0 aliphatic rings. The third-order valence-corrected chi connectivity index (χ3v) is 3.40. The number of methoxy groups -OCH3 is 1. The molecule has 2 atom stereocenters. The molecule has 19 heavy (non-hydrogen) atoms. The van der Waals surface area contributed by atoms with E-state index in [1.54, 1.807) is 18.8 Å². The first-order valence-electron chi connectivity index (χ1n) is 5.65. The summed E-state index contributed by atoms with van der Waals surface area (Å²) in [5.74, 6) is -1.23. The molecule has 0 rings (SSSR count). The number of carbonyl (C=O) groups excluding carboxylic acids is 2. The van der Waals surface area contributed by atoms with Crippen molar-refractivity contribution < 1.29 is 24.2 Å². The first-order valence-corrected chi connectivity index (χ1v) is 7.04. The van der Waals surface area contributed by atoms with E-state index in [0.717, 1.165) is 12.9 Å². The highest BCUT2D eigenvalue weighted by Crippen LogP contribution is 2.05. The topological polar surface area (TPSA) is 95.9 Å². The molecule has 0 bridgehead atoms. The number of amides is 2. The zero-order valence-corrected chi connectivity index (χ0v) is 12.3. The fourth-order valence-corrected chi connectivity index (χ4v) is 1.96. The Labute approximate surface area is 116 Å². The number of thioether (sulfide) groups is 1. The summed E-state index contributed by atoms with van der Waals surface area (Å²) in [7, 11) is 2.74. The predicted molar refractivity (Wildman–Crippen MR) is 72.2 cm³/mol. The minimum absolute atomic E-state index is 0.0393. The van der Waals surface area contributed by atoms with Gasteiger partial charge >= 0.3 is 18.0 Å².